The van der Waals surface area contributed by atoms with E-state index in [2.05, 4.69) is 42.4 Å². The summed E-state index contributed by atoms with van der Waals surface area (Å²) >= 11 is 0. The molecule has 0 radical (unpaired) electrons. The van der Waals surface area contributed by atoms with Crippen molar-refractivity contribution < 1.29 is 0 Å². The third-order valence-corrected chi connectivity index (χ3v) is 5.42. The molecule has 0 N–H and O–H groups in total. The van der Waals surface area contributed by atoms with Crippen LogP contribution in [0.5, 0.6) is 0 Å². The highest BCUT2D eigenvalue weighted by Gasteiger charge is 2.44. The average molecular weight is 251 g/mol. The maximum Gasteiger partial charge on any atom is 0.0352 e. The summed E-state index contributed by atoms with van der Waals surface area (Å²) < 4.78 is 0. The summed E-state index contributed by atoms with van der Waals surface area (Å²) in [6.07, 6.45) is 0. The number of hydrogen-bond donors (Lipinski definition) is 0. The summed E-state index contributed by atoms with van der Waals surface area (Å²) in [7, 11) is 0. The summed E-state index contributed by atoms with van der Waals surface area (Å²) in [5, 5.41) is 0. The lowest BCUT2D eigenvalue weighted by molar-refractivity contribution is -0.0901. The van der Waals surface area contributed by atoms with Crippen molar-refractivity contribution in [3.05, 3.63) is 0 Å². The zero-order valence-electron chi connectivity index (χ0n) is 12.5. The van der Waals surface area contributed by atoms with Crippen molar-refractivity contribution in [2.24, 2.45) is 11.8 Å². The quantitative estimate of drug-likeness (QED) is 0.747. The molecule has 3 fully saturated rings. The van der Waals surface area contributed by atoms with Crippen LogP contribution in [0.2, 0.25) is 0 Å². The highest BCUT2D eigenvalue weighted by Crippen LogP contribution is 2.31. The van der Waals surface area contributed by atoms with Crippen molar-refractivity contribution in [3.8, 4) is 0 Å². The minimum atomic E-state index is 0.737. The summed E-state index contributed by atoms with van der Waals surface area (Å²) in [5.41, 5.74) is 0. The molecule has 0 aromatic carbocycles. The summed E-state index contributed by atoms with van der Waals surface area (Å²) in [4.78, 5) is 7.99. The van der Waals surface area contributed by atoms with Crippen molar-refractivity contribution in [2.45, 2.75) is 45.8 Å². The zero-order chi connectivity index (χ0) is 12.9. The molecule has 3 nitrogen and oxygen atoms in total. The molecule has 0 saturated carbocycles. The molecule has 0 aromatic rings. The van der Waals surface area contributed by atoms with Gasteiger partial charge in [0.15, 0.2) is 0 Å². The first-order valence-corrected chi connectivity index (χ1v) is 7.76. The molecule has 3 saturated heterocycles. The van der Waals surface area contributed by atoms with Crippen molar-refractivity contribution in [1.82, 2.24) is 14.7 Å². The largest absolute Gasteiger partial charge is 0.298 e. The molecule has 0 spiro atoms. The summed E-state index contributed by atoms with van der Waals surface area (Å²) in [5.74, 6) is 1.85. The second-order valence-corrected chi connectivity index (χ2v) is 7.27. The Morgan fingerprint density at radius 3 is 1.72 bits per heavy atom. The SMILES string of the molecule is CC(C)C1CN(C2CN(C3CN(C(C)C)C3)C2)C1. The average Bonchev–Trinajstić information content (AvgIpc) is 2.06. The van der Waals surface area contributed by atoms with Gasteiger partial charge in [-0.25, -0.2) is 0 Å². The number of nitrogens with zero attached hydrogens (tertiary/aromatic N) is 3. The van der Waals surface area contributed by atoms with E-state index in [9.17, 15) is 0 Å². The Hall–Kier alpha value is -0.120. The van der Waals surface area contributed by atoms with Gasteiger partial charge >= 0.3 is 0 Å². The fourth-order valence-electron chi connectivity index (χ4n) is 3.43. The van der Waals surface area contributed by atoms with E-state index < -0.39 is 0 Å². The van der Waals surface area contributed by atoms with Gasteiger partial charge in [0.25, 0.3) is 0 Å². The van der Waals surface area contributed by atoms with E-state index in [1.807, 2.05) is 0 Å². The molecule has 0 amide bonds. The van der Waals surface area contributed by atoms with Crippen molar-refractivity contribution in [2.75, 3.05) is 39.3 Å². The zero-order valence-corrected chi connectivity index (χ0v) is 12.5. The molecule has 3 aliphatic heterocycles. The van der Waals surface area contributed by atoms with Crippen LogP contribution in [0.4, 0.5) is 0 Å². The van der Waals surface area contributed by atoms with Crippen LogP contribution in [0.25, 0.3) is 0 Å². The van der Waals surface area contributed by atoms with Gasteiger partial charge in [-0.05, 0) is 25.7 Å². The normalized spacial score (nSPS) is 29.7. The lowest BCUT2D eigenvalue weighted by Crippen LogP contribution is -2.72. The molecular weight excluding hydrogens is 222 g/mol. The molecule has 104 valence electrons. The minimum Gasteiger partial charge on any atom is -0.298 e. The molecule has 3 rings (SSSR count). The Kier molecular flexibility index (Phi) is 3.41. The fourth-order valence-corrected chi connectivity index (χ4v) is 3.43. The highest BCUT2D eigenvalue weighted by atomic mass is 15.4. The number of rotatable bonds is 4. The topological polar surface area (TPSA) is 9.72 Å². The third-order valence-electron chi connectivity index (χ3n) is 5.42. The predicted molar refractivity (Wildman–Crippen MR) is 75.8 cm³/mol. The van der Waals surface area contributed by atoms with Gasteiger partial charge in [0.1, 0.15) is 0 Å². The molecule has 3 heterocycles. The monoisotopic (exact) mass is 251 g/mol. The van der Waals surface area contributed by atoms with E-state index in [4.69, 9.17) is 0 Å². The van der Waals surface area contributed by atoms with E-state index >= 15 is 0 Å². The van der Waals surface area contributed by atoms with Gasteiger partial charge in [-0.1, -0.05) is 13.8 Å². The van der Waals surface area contributed by atoms with Crippen LogP contribution in [0.1, 0.15) is 27.7 Å². The highest BCUT2D eigenvalue weighted by molar-refractivity contribution is 5.00. The minimum absolute atomic E-state index is 0.737. The molecule has 0 aromatic heterocycles. The van der Waals surface area contributed by atoms with E-state index in [0.717, 1.165) is 30.0 Å². The maximum absolute atomic E-state index is 2.71. The Labute approximate surface area is 112 Å². The van der Waals surface area contributed by atoms with E-state index in [1.54, 1.807) is 0 Å². The second-order valence-electron chi connectivity index (χ2n) is 7.27. The number of hydrogen-bond acceptors (Lipinski definition) is 3. The smallest absolute Gasteiger partial charge is 0.0352 e. The van der Waals surface area contributed by atoms with E-state index in [-0.39, 0.29) is 0 Å². The van der Waals surface area contributed by atoms with Gasteiger partial charge in [-0.15, -0.1) is 0 Å². The molecular formula is C15H29N3. The third kappa shape index (κ3) is 2.21. The first kappa shape index (κ1) is 12.9. The maximum atomic E-state index is 2.71. The molecule has 0 unspecified atom stereocenters. The van der Waals surface area contributed by atoms with Crippen LogP contribution < -0.4 is 0 Å². The van der Waals surface area contributed by atoms with Gasteiger partial charge < -0.3 is 0 Å². The summed E-state index contributed by atoms with van der Waals surface area (Å²) in [6, 6.07) is 2.49. The first-order chi connectivity index (χ1) is 8.54. The van der Waals surface area contributed by atoms with Crippen LogP contribution in [0, 0.1) is 11.8 Å². The van der Waals surface area contributed by atoms with Crippen LogP contribution in [-0.4, -0.2) is 72.1 Å². The summed E-state index contributed by atoms with van der Waals surface area (Å²) in [6.45, 7) is 17.3. The first-order valence-electron chi connectivity index (χ1n) is 7.76. The molecule has 0 aliphatic carbocycles. The lowest BCUT2D eigenvalue weighted by atomic mass is 9.85. The Balaban J connectivity index is 1.33. The Morgan fingerprint density at radius 2 is 1.22 bits per heavy atom. The predicted octanol–water partition coefficient (Wildman–Crippen LogP) is 1.35. The van der Waals surface area contributed by atoms with Crippen molar-refractivity contribution in [1.29, 1.82) is 0 Å². The molecule has 0 bridgehead atoms. The van der Waals surface area contributed by atoms with E-state index in [1.165, 1.54) is 39.3 Å². The van der Waals surface area contributed by atoms with Gasteiger partial charge in [0, 0.05) is 57.4 Å². The molecule has 18 heavy (non-hydrogen) atoms. The van der Waals surface area contributed by atoms with Crippen molar-refractivity contribution >= 4 is 0 Å². The van der Waals surface area contributed by atoms with Crippen molar-refractivity contribution in [3.63, 3.8) is 0 Å². The second kappa shape index (κ2) is 4.77. The van der Waals surface area contributed by atoms with Crippen LogP contribution in [-0.2, 0) is 0 Å². The van der Waals surface area contributed by atoms with Crippen LogP contribution in [0.15, 0.2) is 0 Å². The lowest BCUT2D eigenvalue weighted by Gasteiger charge is -2.58. The van der Waals surface area contributed by atoms with Gasteiger partial charge in [0.05, 0.1) is 0 Å². The Morgan fingerprint density at radius 1 is 0.722 bits per heavy atom. The van der Waals surface area contributed by atoms with Crippen LogP contribution >= 0.6 is 0 Å². The fraction of sp³-hybridized carbons (Fsp3) is 1.00. The standard InChI is InChI=1S/C15H29N3/c1-11(2)13-5-17(6-13)15-9-18(10-15)14-7-16(8-14)12(3)4/h11-15H,5-10H2,1-4H3. The molecule has 0 atom stereocenters. The molecule has 3 aliphatic rings. The van der Waals surface area contributed by atoms with Gasteiger partial charge in [-0.3, -0.25) is 14.7 Å². The van der Waals surface area contributed by atoms with E-state index in [0.29, 0.717) is 0 Å². The Bertz CT molecular complexity index is 256. The van der Waals surface area contributed by atoms with Crippen LogP contribution in [0.3, 0.4) is 0 Å². The molecule has 3 heteroatoms. The number of likely N-dealkylation sites (tertiary alicyclic amines) is 3. The van der Waals surface area contributed by atoms with Gasteiger partial charge in [-0.2, -0.15) is 0 Å². The van der Waals surface area contributed by atoms with Gasteiger partial charge in [0.2, 0.25) is 0 Å².